The van der Waals surface area contributed by atoms with Crippen molar-refractivity contribution in [3.63, 3.8) is 0 Å². The zero-order chi connectivity index (χ0) is 15.0. The molecule has 21 heavy (non-hydrogen) atoms. The Labute approximate surface area is 132 Å². The maximum Gasteiger partial charge on any atom is 0.263 e. The number of carbonyl (C=O) groups excluding carboxylic acids is 1. The van der Waals surface area contributed by atoms with Crippen LogP contribution in [0.4, 0.5) is 0 Å². The summed E-state index contributed by atoms with van der Waals surface area (Å²) in [5.74, 6) is 0.551. The molecule has 112 valence electrons. The second kappa shape index (κ2) is 5.67. The van der Waals surface area contributed by atoms with Gasteiger partial charge in [-0.2, -0.15) is 0 Å². The van der Waals surface area contributed by atoms with Crippen molar-refractivity contribution < 1.29 is 9.53 Å². The van der Waals surface area contributed by atoms with Crippen LogP contribution in [0.25, 0.3) is 10.9 Å². The second-order valence-electron chi connectivity index (χ2n) is 5.38. The highest BCUT2D eigenvalue weighted by atomic mass is 79.9. The molecular weight excluding hydrogens is 334 g/mol. The van der Waals surface area contributed by atoms with Crippen molar-refractivity contribution in [2.24, 2.45) is 7.05 Å². The van der Waals surface area contributed by atoms with Crippen LogP contribution in [0.1, 0.15) is 19.8 Å². The first-order chi connectivity index (χ1) is 10.1. The highest BCUT2D eigenvalue weighted by molar-refractivity contribution is 9.10. The van der Waals surface area contributed by atoms with Crippen LogP contribution in [0.15, 0.2) is 22.7 Å². The van der Waals surface area contributed by atoms with Gasteiger partial charge in [-0.15, -0.1) is 5.10 Å². The first-order valence-electron chi connectivity index (χ1n) is 7.14. The lowest BCUT2D eigenvalue weighted by Crippen LogP contribution is -2.38. The monoisotopic (exact) mass is 351 g/mol. The van der Waals surface area contributed by atoms with Crippen LogP contribution in [0.3, 0.4) is 0 Å². The van der Waals surface area contributed by atoms with Crippen LogP contribution in [-0.4, -0.2) is 39.8 Å². The topological polar surface area (TPSA) is 47.4 Å². The van der Waals surface area contributed by atoms with Gasteiger partial charge >= 0.3 is 0 Å². The Morgan fingerprint density at radius 3 is 2.81 bits per heavy atom. The molecular formula is C15H18BrN3O2. The van der Waals surface area contributed by atoms with Gasteiger partial charge in [-0.1, -0.05) is 15.9 Å². The number of benzene rings is 1. The van der Waals surface area contributed by atoms with Gasteiger partial charge in [0.2, 0.25) is 5.88 Å². The molecule has 5 nitrogen and oxygen atoms in total. The molecule has 1 aliphatic heterocycles. The Bertz CT molecular complexity index is 677. The molecule has 0 N–H and O–H groups in total. The minimum Gasteiger partial charge on any atom is -0.463 e. The molecule has 1 atom stereocenters. The molecule has 0 saturated carbocycles. The van der Waals surface area contributed by atoms with E-state index in [0.29, 0.717) is 5.88 Å². The number of aryl methyl sites for hydroxylation is 1. The van der Waals surface area contributed by atoms with Crippen molar-refractivity contribution >= 4 is 32.7 Å². The predicted octanol–water partition coefficient (Wildman–Crippen LogP) is 2.73. The predicted molar refractivity (Wildman–Crippen MR) is 84.3 cm³/mol. The van der Waals surface area contributed by atoms with Crippen LogP contribution in [-0.2, 0) is 11.8 Å². The fourth-order valence-corrected chi connectivity index (χ4v) is 3.07. The maximum absolute atomic E-state index is 12.3. The van der Waals surface area contributed by atoms with Crippen molar-refractivity contribution in [1.29, 1.82) is 0 Å². The number of likely N-dealkylation sites (tertiary alicyclic amines) is 1. The molecule has 0 spiro atoms. The normalized spacial score (nSPS) is 16.4. The molecule has 1 amide bonds. The number of fused-ring (bicyclic) bond motifs is 1. The molecule has 3 rings (SSSR count). The Kier molecular flexibility index (Phi) is 3.89. The van der Waals surface area contributed by atoms with Gasteiger partial charge in [0.15, 0.2) is 6.10 Å². The Morgan fingerprint density at radius 2 is 2.10 bits per heavy atom. The summed E-state index contributed by atoms with van der Waals surface area (Å²) in [5, 5.41) is 5.29. The van der Waals surface area contributed by atoms with Crippen LogP contribution in [0.5, 0.6) is 5.88 Å². The summed E-state index contributed by atoms with van der Waals surface area (Å²) in [6, 6.07) is 5.91. The summed E-state index contributed by atoms with van der Waals surface area (Å²) in [7, 11) is 1.87. The first-order valence-corrected chi connectivity index (χ1v) is 7.93. The third-order valence-corrected chi connectivity index (χ3v) is 4.33. The van der Waals surface area contributed by atoms with Gasteiger partial charge in [-0.05, 0) is 38.0 Å². The van der Waals surface area contributed by atoms with Gasteiger partial charge < -0.3 is 9.64 Å². The molecule has 1 aromatic heterocycles. The Balaban J connectivity index is 1.84. The van der Waals surface area contributed by atoms with Crippen molar-refractivity contribution in [3.05, 3.63) is 22.7 Å². The van der Waals surface area contributed by atoms with Crippen molar-refractivity contribution in [3.8, 4) is 5.88 Å². The zero-order valence-electron chi connectivity index (χ0n) is 12.2. The third-order valence-electron chi connectivity index (χ3n) is 3.83. The van der Waals surface area contributed by atoms with Gasteiger partial charge in [0.1, 0.15) is 0 Å². The molecule has 0 bridgehead atoms. The second-order valence-corrected chi connectivity index (χ2v) is 6.30. The van der Waals surface area contributed by atoms with Gasteiger partial charge in [-0.25, -0.2) is 0 Å². The molecule has 1 saturated heterocycles. The smallest absolute Gasteiger partial charge is 0.263 e. The maximum atomic E-state index is 12.3. The molecule has 0 radical (unpaired) electrons. The number of carbonyl (C=O) groups is 1. The Hall–Kier alpha value is -1.56. The van der Waals surface area contributed by atoms with E-state index in [1.165, 1.54) is 0 Å². The summed E-state index contributed by atoms with van der Waals surface area (Å²) in [4.78, 5) is 14.2. The number of aromatic nitrogens is 2. The molecule has 6 heteroatoms. The van der Waals surface area contributed by atoms with E-state index in [0.717, 1.165) is 41.3 Å². The minimum absolute atomic E-state index is 0.0429. The van der Waals surface area contributed by atoms with Gasteiger partial charge in [0, 0.05) is 24.6 Å². The molecule has 1 aromatic carbocycles. The summed E-state index contributed by atoms with van der Waals surface area (Å²) in [5.41, 5.74) is 0.981. The lowest BCUT2D eigenvalue weighted by atomic mass is 10.2. The number of hydrogen-bond acceptors (Lipinski definition) is 3. The van der Waals surface area contributed by atoms with E-state index in [9.17, 15) is 4.79 Å². The van der Waals surface area contributed by atoms with E-state index in [-0.39, 0.29) is 5.91 Å². The number of nitrogens with zero attached hydrogens (tertiary/aromatic N) is 3. The molecule has 2 aromatic rings. The van der Waals surface area contributed by atoms with E-state index in [4.69, 9.17) is 4.74 Å². The van der Waals surface area contributed by atoms with Gasteiger partial charge in [0.05, 0.1) is 10.9 Å². The summed E-state index contributed by atoms with van der Waals surface area (Å²) in [6.07, 6.45) is 1.65. The molecule has 1 aliphatic rings. The third kappa shape index (κ3) is 2.77. The number of amides is 1. The summed E-state index contributed by atoms with van der Waals surface area (Å²) >= 11 is 3.46. The lowest BCUT2D eigenvalue weighted by molar-refractivity contribution is -0.136. The molecule has 0 unspecified atom stereocenters. The van der Waals surface area contributed by atoms with E-state index < -0.39 is 6.10 Å². The molecule has 2 heterocycles. The zero-order valence-corrected chi connectivity index (χ0v) is 13.8. The number of rotatable bonds is 3. The van der Waals surface area contributed by atoms with Crippen molar-refractivity contribution in [2.75, 3.05) is 13.1 Å². The van der Waals surface area contributed by atoms with Crippen LogP contribution < -0.4 is 4.74 Å². The average molecular weight is 352 g/mol. The number of hydrogen-bond donors (Lipinski definition) is 0. The molecule has 0 aliphatic carbocycles. The fraction of sp³-hybridized carbons (Fsp3) is 0.467. The number of ether oxygens (including phenoxy) is 1. The van der Waals surface area contributed by atoms with Crippen LogP contribution >= 0.6 is 15.9 Å². The van der Waals surface area contributed by atoms with Gasteiger partial charge in [-0.3, -0.25) is 9.48 Å². The largest absolute Gasteiger partial charge is 0.463 e. The average Bonchev–Trinajstić information content (AvgIpc) is 3.07. The van der Waals surface area contributed by atoms with E-state index >= 15 is 0 Å². The number of halogens is 1. The van der Waals surface area contributed by atoms with E-state index in [1.807, 2.05) is 30.1 Å². The van der Waals surface area contributed by atoms with E-state index in [2.05, 4.69) is 21.0 Å². The highest BCUT2D eigenvalue weighted by Crippen LogP contribution is 2.28. The van der Waals surface area contributed by atoms with Crippen molar-refractivity contribution in [2.45, 2.75) is 25.9 Å². The van der Waals surface area contributed by atoms with Crippen molar-refractivity contribution in [1.82, 2.24) is 14.7 Å². The summed E-state index contributed by atoms with van der Waals surface area (Å²) < 4.78 is 8.57. The quantitative estimate of drug-likeness (QED) is 0.854. The fourth-order valence-electron chi connectivity index (χ4n) is 2.71. The molecule has 1 fully saturated rings. The standard InChI is InChI=1S/C15H18BrN3O2/c1-10(15(20)19-7-3-4-8-19)21-14-12-9-11(16)5-6-13(12)18(2)17-14/h5-6,9-10H,3-4,7-8H2,1-2H3/t10-/m0/s1. The van der Waals surface area contributed by atoms with Crippen LogP contribution in [0.2, 0.25) is 0 Å². The minimum atomic E-state index is -0.514. The summed E-state index contributed by atoms with van der Waals surface area (Å²) in [6.45, 7) is 3.46. The lowest BCUT2D eigenvalue weighted by Gasteiger charge is -2.20. The first kappa shape index (κ1) is 14.4. The van der Waals surface area contributed by atoms with Gasteiger partial charge in [0.25, 0.3) is 5.91 Å². The highest BCUT2D eigenvalue weighted by Gasteiger charge is 2.25. The Morgan fingerprint density at radius 1 is 1.38 bits per heavy atom. The SMILES string of the molecule is C[C@H](Oc1nn(C)c2ccc(Br)cc12)C(=O)N1CCCC1. The van der Waals surface area contributed by atoms with E-state index in [1.54, 1.807) is 11.6 Å². The van der Waals surface area contributed by atoms with Crippen LogP contribution in [0, 0.1) is 0 Å².